The van der Waals surface area contributed by atoms with Gasteiger partial charge in [-0.1, -0.05) is 18.2 Å². The number of hydrogen-bond donors (Lipinski definition) is 2. The van der Waals surface area contributed by atoms with E-state index >= 15 is 0 Å². The molecule has 0 radical (unpaired) electrons. The molecule has 0 bridgehead atoms. The Labute approximate surface area is 114 Å². The number of rotatable bonds is 4. The molecule has 1 saturated heterocycles. The van der Waals surface area contributed by atoms with Crippen molar-refractivity contribution >= 4 is 23.6 Å². The number of carbonyl (C=O) groups is 2. The van der Waals surface area contributed by atoms with Gasteiger partial charge in [0, 0.05) is 5.75 Å². The van der Waals surface area contributed by atoms with Gasteiger partial charge in [0.25, 0.3) is 0 Å². The van der Waals surface area contributed by atoms with Crippen LogP contribution in [0.3, 0.4) is 0 Å². The lowest BCUT2D eigenvalue weighted by molar-refractivity contribution is -0.146. The Morgan fingerprint density at radius 3 is 2.74 bits per heavy atom. The lowest BCUT2D eigenvalue weighted by atomic mass is 9.98. The molecule has 0 spiro atoms. The number of carbonyl (C=O) groups excluding carboxylic acids is 1. The maximum absolute atomic E-state index is 13.4. The van der Waals surface area contributed by atoms with Gasteiger partial charge in [0.1, 0.15) is 11.4 Å². The maximum atomic E-state index is 13.4. The average Bonchev–Trinajstić information content (AvgIpc) is 2.82. The molecule has 2 N–H and O–H groups in total. The van der Waals surface area contributed by atoms with E-state index in [2.05, 4.69) is 5.32 Å². The summed E-state index contributed by atoms with van der Waals surface area (Å²) in [5.41, 5.74) is -0.932. The number of thioether (sulfide) groups is 1. The van der Waals surface area contributed by atoms with Crippen LogP contribution in [0, 0.1) is 5.82 Å². The largest absolute Gasteiger partial charge is 0.479 e. The third-order valence-corrected chi connectivity index (χ3v) is 4.31. The standard InChI is InChI=1S/C13H14FNO3S/c14-10-4-2-1-3-9(10)7-11(16)15-13(12(17)18)5-6-19-8-13/h1-4H,5-8H2,(H,15,16)(H,17,18)/t13-/m0/s1. The number of carboxylic acid groups (broad SMARTS) is 1. The highest BCUT2D eigenvalue weighted by Gasteiger charge is 2.43. The van der Waals surface area contributed by atoms with Crippen LogP contribution in [0.5, 0.6) is 0 Å². The lowest BCUT2D eigenvalue weighted by Gasteiger charge is -2.24. The van der Waals surface area contributed by atoms with E-state index < -0.39 is 23.2 Å². The number of aliphatic carboxylic acids is 1. The van der Waals surface area contributed by atoms with Gasteiger partial charge in [0.15, 0.2) is 0 Å². The predicted molar refractivity (Wildman–Crippen MR) is 70.6 cm³/mol. The van der Waals surface area contributed by atoms with Crippen molar-refractivity contribution in [3.05, 3.63) is 35.6 Å². The minimum atomic E-state index is -1.20. The van der Waals surface area contributed by atoms with Gasteiger partial charge in [-0.2, -0.15) is 11.8 Å². The minimum absolute atomic E-state index is 0.146. The summed E-state index contributed by atoms with van der Waals surface area (Å²) in [6, 6.07) is 5.99. The number of benzene rings is 1. The highest BCUT2D eigenvalue weighted by atomic mass is 32.2. The molecule has 1 atom stereocenters. The second-order valence-electron chi connectivity index (χ2n) is 4.51. The van der Waals surface area contributed by atoms with Crippen LogP contribution in [0.2, 0.25) is 0 Å². The SMILES string of the molecule is O=C(Cc1ccccc1F)N[C@@]1(C(=O)O)CCSC1. The van der Waals surface area contributed by atoms with Crippen molar-refractivity contribution in [1.82, 2.24) is 5.32 Å². The van der Waals surface area contributed by atoms with Crippen LogP contribution < -0.4 is 5.32 Å². The fourth-order valence-electron chi connectivity index (χ4n) is 2.01. The average molecular weight is 283 g/mol. The molecule has 1 aliphatic heterocycles. The first-order valence-corrected chi connectivity index (χ1v) is 7.04. The van der Waals surface area contributed by atoms with E-state index in [1.807, 2.05) is 0 Å². The van der Waals surface area contributed by atoms with E-state index in [0.717, 1.165) is 0 Å². The summed E-state index contributed by atoms with van der Waals surface area (Å²) in [7, 11) is 0. The van der Waals surface area contributed by atoms with Crippen molar-refractivity contribution in [2.45, 2.75) is 18.4 Å². The van der Waals surface area contributed by atoms with Crippen LogP contribution in [-0.2, 0) is 16.0 Å². The number of amides is 1. The first-order valence-electron chi connectivity index (χ1n) is 5.89. The lowest BCUT2D eigenvalue weighted by Crippen LogP contribution is -2.55. The Kier molecular flexibility index (Phi) is 4.09. The molecule has 2 rings (SSSR count). The van der Waals surface area contributed by atoms with Gasteiger partial charge >= 0.3 is 5.97 Å². The number of hydrogen-bond acceptors (Lipinski definition) is 3. The zero-order valence-electron chi connectivity index (χ0n) is 10.2. The van der Waals surface area contributed by atoms with E-state index in [9.17, 15) is 19.1 Å². The second-order valence-corrected chi connectivity index (χ2v) is 5.61. The Bertz CT molecular complexity index is 500. The molecule has 0 saturated carbocycles. The predicted octanol–water partition coefficient (Wildman–Crippen LogP) is 1.44. The van der Waals surface area contributed by atoms with Crippen molar-refractivity contribution < 1.29 is 19.1 Å². The van der Waals surface area contributed by atoms with E-state index in [-0.39, 0.29) is 12.0 Å². The molecule has 1 aliphatic rings. The molecule has 1 aromatic carbocycles. The van der Waals surface area contributed by atoms with Crippen molar-refractivity contribution in [2.24, 2.45) is 0 Å². The van der Waals surface area contributed by atoms with Crippen molar-refractivity contribution in [1.29, 1.82) is 0 Å². The third-order valence-electron chi connectivity index (χ3n) is 3.12. The van der Waals surface area contributed by atoms with E-state index in [4.69, 9.17) is 0 Å². The van der Waals surface area contributed by atoms with Crippen LogP contribution in [0.25, 0.3) is 0 Å². The Hall–Kier alpha value is -1.56. The number of nitrogens with one attached hydrogen (secondary N) is 1. The smallest absolute Gasteiger partial charge is 0.330 e. The molecular weight excluding hydrogens is 269 g/mol. The van der Waals surface area contributed by atoms with Gasteiger partial charge in [-0.05, 0) is 23.8 Å². The Balaban J connectivity index is 2.05. The quantitative estimate of drug-likeness (QED) is 0.877. The minimum Gasteiger partial charge on any atom is -0.479 e. The van der Waals surface area contributed by atoms with Crippen molar-refractivity contribution in [3.8, 4) is 0 Å². The monoisotopic (exact) mass is 283 g/mol. The van der Waals surface area contributed by atoms with Crippen LogP contribution >= 0.6 is 11.8 Å². The summed E-state index contributed by atoms with van der Waals surface area (Å²) < 4.78 is 13.4. The molecule has 0 aliphatic carbocycles. The number of carboxylic acids is 1. The van der Waals surface area contributed by atoms with Crippen LogP contribution in [0.15, 0.2) is 24.3 Å². The molecule has 0 unspecified atom stereocenters. The van der Waals surface area contributed by atoms with Gasteiger partial charge < -0.3 is 10.4 Å². The van der Waals surface area contributed by atoms with Gasteiger partial charge in [-0.15, -0.1) is 0 Å². The van der Waals surface area contributed by atoms with Crippen molar-refractivity contribution in [2.75, 3.05) is 11.5 Å². The third kappa shape index (κ3) is 3.07. The summed E-state index contributed by atoms with van der Waals surface area (Å²) in [4.78, 5) is 23.2. The molecular formula is C13H14FNO3S. The van der Waals surface area contributed by atoms with E-state index in [1.165, 1.54) is 23.9 Å². The first-order chi connectivity index (χ1) is 9.03. The zero-order chi connectivity index (χ0) is 13.9. The molecule has 1 fully saturated rings. The maximum Gasteiger partial charge on any atom is 0.330 e. The molecule has 19 heavy (non-hydrogen) atoms. The molecule has 0 aromatic heterocycles. The summed E-state index contributed by atoms with van der Waals surface area (Å²) >= 11 is 1.49. The fourth-order valence-corrected chi connectivity index (χ4v) is 3.34. The normalized spacial score (nSPS) is 22.2. The molecule has 4 nitrogen and oxygen atoms in total. The van der Waals surface area contributed by atoms with Gasteiger partial charge in [-0.3, -0.25) is 4.79 Å². The van der Waals surface area contributed by atoms with Crippen LogP contribution in [0.4, 0.5) is 4.39 Å². The summed E-state index contributed by atoms with van der Waals surface area (Å²) in [5.74, 6) is -0.894. The van der Waals surface area contributed by atoms with Gasteiger partial charge in [-0.25, -0.2) is 9.18 Å². The Morgan fingerprint density at radius 2 is 2.16 bits per heavy atom. The highest BCUT2D eigenvalue weighted by molar-refractivity contribution is 7.99. The molecule has 1 amide bonds. The molecule has 1 aromatic rings. The molecule has 1 heterocycles. The van der Waals surface area contributed by atoms with Gasteiger partial charge in [0.05, 0.1) is 6.42 Å². The summed E-state index contributed by atoms with van der Waals surface area (Å²) in [6.45, 7) is 0. The van der Waals surface area contributed by atoms with Crippen LogP contribution in [-0.4, -0.2) is 34.0 Å². The van der Waals surface area contributed by atoms with E-state index in [0.29, 0.717) is 17.9 Å². The summed E-state index contributed by atoms with van der Waals surface area (Å²) in [6.07, 6.45) is 0.252. The fraction of sp³-hybridized carbons (Fsp3) is 0.385. The highest BCUT2D eigenvalue weighted by Crippen LogP contribution is 2.28. The van der Waals surface area contributed by atoms with E-state index in [1.54, 1.807) is 12.1 Å². The topological polar surface area (TPSA) is 66.4 Å². The summed E-state index contributed by atoms with van der Waals surface area (Å²) in [5, 5.41) is 11.8. The zero-order valence-corrected chi connectivity index (χ0v) is 11.0. The Morgan fingerprint density at radius 1 is 1.42 bits per heavy atom. The molecule has 6 heteroatoms. The van der Waals surface area contributed by atoms with Crippen molar-refractivity contribution in [3.63, 3.8) is 0 Å². The van der Waals surface area contributed by atoms with Crippen LogP contribution in [0.1, 0.15) is 12.0 Å². The number of halogens is 1. The first kappa shape index (κ1) is 13.9. The second kappa shape index (κ2) is 5.61. The molecule has 102 valence electrons. The van der Waals surface area contributed by atoms with Gasteiger partial charge in [0.2, 0.25) is 5.91 Å².